The first-order valence-corrected chi connectivity index (χ1v) is 5.73. The molecule has 94 valence electrons. The van der Waals surface area contributed by atoms with E-state index in [9.17, 15) is 9.18 Å². The average molecular weight is 247 g/mol. The van der Waals surface area contributed by atoms with Gasteiger partial charge in [0.05, 0.1) is 18.7 Å². The lowest BCUT2D eigenvalue weighted by molar-refractivity contribution is -0.121. The summed E-state index contributed by atoms with van der Waals surface area (Å²) in [4.78, 5) is 11.8. The first kappa shape index (κ1) is 12.4. The van der Waals surface area contributed by atoms with Crippen LogP contribution in [0.4, 0.5) is 4.39 Å². The van der Waals surface area contributed by atoms with Crippen molar-refractivity contribution in [3.8, 4) is 0 Å². The fourth-order valence-corrected chi connectivity index (χ4v) is 1.72. The molecule has 4 heteroatoms. The predicted octanol–water partition coefficient (Wildman–Crippen LogP) is 2.84. The van der Waals surface area contributed by atoms with Crippen LogP contribution in [0.3, 0.4) is 0 Å². The summed E-state index contributed by atoms with van der Waals surface area (Å²) in [7, 11) is 0. The zero-order chi connectivity index (χ0) is 13.0. The molecule has 0 aliphatic rings. The molecule has 0 unspecified atom stereocenters. The van der Waals surface area contributed by atoms with Crippen molar-refractivity contribution in [2.24, 2.45) is 0 Å². The van der Waals surface area contributed by atoms with E-state index in [0.29, 0.717) is 11.3 Å². The molecule has 1 amide bonds. The van der Waals surface area contributed by atoms with Crippen molar-refractivity contribution in [3.05, 3.63) is 59.8 Å². The van der Waals surface area contributed by atoms with E-state index >= 15 is 0 Å². The Morgan fingerprint density at radius 2 is 2.11 bits per heavy atom. The molecule has 0 saturated carbocycles. The number of halogens is 1. The van der Waals surface area contributed by atoms with Gasteiger partial charge in [0.1, 0.15) is 11.6 Å². The number of rotatable bonds is 4. The molecule has 2 rings (SSSR count). The Kier molecular flexibility index (Phi) is 3.77. The molecule has 0 bridgehead atoms. The van der Waals surface area contributed by atoms with Gasteiger partial charge in [0.25, 0.3) is 0 Å². The lowest BCUT2D eigenvalue weighted by atomic mass is 10.1. The van der Waals surface area contributed by atoms with Crippen LogP contribution in [0, 0.1) is 5.82 Å². The molecule has 1 heterocycles. The lowest BCUT2D eigenvalue weighted by Crippen LogP contribution is -2.28. The van der Waals surface area contributed by atoms with Crippen LogP contribution in [0.15, 0.2) is 47.1 Å². The Balaban J connectivity index is 1.95. The fourth-order valence-electron chi connectivity index (χ4n) is 1.72. The molecule has 0 aliphatic carbocycles. The summed E-state index contributed by atoms with van der Waals surface area (Å²) in [6.07, 6.45) is 1.58. The summed E-state index contributed by atoms with van der Waals surface area (Å²) < 4.78 is 18.5. The summed E-state index contributed by atoms with van der Waals surface area (Å²) in [6.45, 7) is 1.82. The van der Waals surface area contributed by atoms with Gasteiger partial charge in [-0.2, -0.15) is 0 Å². The van der Waals surface area contributed by atoms with Gasteiger partial charge in [-0.1, -0.05) is 18.2 Å². The molecular weight excluding hydrogens is 233 g/mol. The summed E-state index contributed by atoms with van der Waals surface area (Å²) in [5.41, 5.74) is 0.390. The summed E-state index contributed by atoms with van der Waals surface area (Å²) in [5, 5.41) is 2.76. The van der Waals surface area contributed by atoms with Crippen molar-refractivity contribution in [3.63, 3.8) is 0 Å². The second-order valence-electron chi connectivity index (χ2n) is 4.07. The molecule has 0 spiro atoms. The van der Waals surface area contributed by atoms with E-state index in [2.05, 4.69) is 5.32 Å². The second kappa shape index (κ2) is 5.49. The van der Waals surface area contributed by atoms with Gasteiger partial charge in [0.15, 0.2) is 0 Å². The van der Waals surface area contributed by atoms with Crippen molar-refractivity contribution < 1.29 is 13.6 Å². The highest BCUT2D eigenvalue weighted by molar-refractivity contribution is 5.78. The molecule has 0 saturated heterocycles. The Hall–Kier alpha value is -2.10. The van der Waals surface area contributed by atoms with Gasteiger partial charge in [0.2, 0.25) is 5.91 Å². The van der Waals surface area contributed by atoms with Crippen molar-refractivity contribution in [2.45, 2.75) is 19.4 Å². The fraction of sp³-hybridized carbons (Fsp3) is 0.214. The number of nitrogens with one attached hydrogen (secondary N) is 1. The third kappa shape index (κ3) is 2.97. The highest BCUT2D eigenvalue weighted by atomic mass is 19.1. The first-order chi connectivity index (χ1) is 8.66. The largest absolute Gasteiger partial charge is 0.467 e. The zero-order valence-electron chi connectivity index (χ0n) is 10.0. The van der Waals surface area contributed by atoms with Crippen LogP contribution in [-0.4, -0.2) is 5.91 Å². The van der Waals surface area contributed by atoms with Crippen molar-refractivity contribution >= 4 is 5.91 Å². The van der Waals surface area contributed by atoms with Crippen LogP contribution >= 0.6 is 0 Å². The first-order valence-electron chi connectivity index (χ1n) is 5.73. The number of amides is 1. The number of furan rings is 1. The molecule has 1 aromatic carbocycles. The Bertz CT molecular complexity index is 522. The minimum atomic E-state index is -0.363. The van der Waals surface area contributed by atoms with Crippen molar-refractivity contribution in [1.29, 1.82) is 0 Å². The van der Waals surface area contributed by atoms with E-state index in [0.717, 1.165) is 0 Å². The van der Waals surface area contributed by atoms with E-state index < -0.39 is 0 Å². The molecule has 1 aromatic heterocycles. The Morgan fingerprint density at radius 3 is 2.78 bits per heavy atom. The second-order valence-corrected chi connectivity index (χ2v) is 4.07. The van der Waals surface area contributed by atoms with Crippen molar-refractivity contribution in [2.75, 3.05) is 0 Å². The normalized spacial score (nSPS) is 12.1. The molecule has 1 atom stereocenters. The van der Waals surface area contributed by atoms with Gasteiger partial charge in [-0.25, -0.2) is 4.39 Å². The molecule has 18 heavy (non-hydrogen) atoms. The van der Waals surface area contributed by atoms with Crippen LogP contribution in [0.25, 0.3) is 0 Å². The minimum Gasteiger partial charge on any atom is -0.467 e. The van der Waals surface area contributed by atoms with Crippen LogP contribution in [0.2, 0.25) is 0 Å². The van der Waals surface area contributed by atoms with E-state index in [1.165, 1.54) is 6.07 Å². The maximum Gasteiger partial charge on any atom is 0.225 e. The Labute approximate surface area is 105 Å². The highest BCUT2D eigenvalue weighted by Crippen LogP contribution is 2.13. The van der Waals surface area contributed by atoms with Gasteiger partial charge >= 0.3 is 0 Å². The monoisotopic (exact) mass is 247 g/mol. The summed E-state index contributed by atoms with van der Waals surface area (Å²) in [6, 6.07) is 9.58. The van der Waals surface area contributed by atoms with Crippen molar-refractivity contribution in [1.82, 2.24) is 5.32 Å². The standard InChI is InChI=1S/C14H14FNO2/c1-10(13-7-4-8-18-13)16-14(17)9-11-5-2-3-6-12(11)15/h2-8,10H,9H2,1H3,(H,16,17)/t10-/m0/s1. The van der Waals surface area contributed by atoms with Gasteiger partial charge in [-0.15, -0.1) is 0 Å². The number of hydrogen-bond acceptors (Lipinski definition) is 2. The van der Waals surface area contributed by atoms with E-state index in [4.69, 9.17) is 4.42 Å². The maximum absolute atomic E-state index is 13.4. The molecule has 3 nitrogen and oxygen atoms in total. The third-order valence-corrected chi connectivity index (χ3v) is 2.66. The number of hydrogen-bond donors (Lipinski definition) is 1. The average Bonchev–Trinajstić information content (AvgIpc) is 2.85. The molecule has 1 N–H and O–H groups in total. The maximum atomic E-state index is 13.4. The molecular formula is C14H14FNO2. The number of carbonyl (C=O) groups is 1. The molecule has 2 aromatic rings. The third-order valence-electron chi connectivity index (χ3n) is 2.66. The van der Waals surface area contributed by atoms with Crippen LogP contribution in [-0.2, 0) is 11.2 Å². The summed E-state index contributed by atoms with van der Waals surface area (Å²) in [5.74, 6) is 0.0826. The van der Waals surface area contributed by atoms with Crippen LogP contribution in [0.5, 0.6) is 0 Å². The quantitative estimate of drug-likeness (QED) is 0.902. The highest BCUT2D eigenvalue weighted by Gasteiger charge is 2.13. The minimum absolute atomic E-state index is 0.0255. The summed E-state index contributed by atoms with van der Waals surface area (Å²) >= 11 is 0. The van der Waals surface area contributed by atoms with E-state index in [1.807, 2.05) is 6.92 Å². The zero-order valence-corrected chi connectivity index (χ0v) is 10.0. The van der Waals surface area contributed by atoms with E-state index in [-0.39, 0.29) is 24.2 Å². The smallest absolute Gasteiger partial charge is 0.225 e. The van der Waals surface area contributed by atoms with Gasteiger partial charge in [-0.3, -0.25) is 4.79 Å². The van der Waals surface area contributed by atoms with Crippen LogP contribution in [0.1, 0.15) is 24.3 Å². The topological polar surface area (TPSA) is 42.2 Å². The van der Waals surface area contributed by atoms with Gasteiger partial charge < -0.3 is 9.73 Å². The van der Waals surface area contributed by atoms with Gasteiger partial charge in [0, 0.05) is 0 Å². The van der Waals surface area contributed by atoms with Crippen LogP contribution < -0.4 is 5.32 Å². The predicted molar refractivity (Wildman–Crippen MR) is 65.4 cm³/mol. The van der Waals surface area contributed by atoms with E-state index in [1.54, 1.807) is 36.6 Å². The SMILES string of the molecule is C[C@H](NC(=O)Cc1ccccc1F)c1ccco1. The Morgan fingerprint density at radius 1 is 1.33 bits per heavy atom. The molecule has 0 aliphatic heterocycles. The molecule has 0 fully saturated rings. The number of benzene rings is 1. The van der Waals surface area contributed by atoms with Gasteiger partial charge in [-0.05, 0) is 30.7 Å². The molecule has 0 radical (unpaired) electrons. The lowest BCUT2D eigenvalue weighted by Gasteiger charge is -2.11. The number of carbonyl (C=O) groups excluding carboxylic acids is 1.